The Kier molecular flexibility index (Phi) is 2.56. The SMILES string of the molecule is Fc1[c]ncc(SC(F)(F)F)c1. The van der Waals surface area contributed by atoms with Gasteiger partial charge in [0.1, 0.15) is 6.20 Å². The van der Waals surface area contributed by atoms with E-state index in [1.807, 2.05) is 6.20 Å². The molecule has 0 aromatic carbocycles. The second-order valence-electron chi connectivity index (χ2n) is 1.81. The summed E-state index contributed by atoms with van der Waals surface area (Å²) in [6, 6.07) is 0.727. The van der Waals surface area contributed by atoms with Gasteiger partial charge in [-0.15, -0.1) is 0 Å². The minimum Gasteiger partial charge on any atom is -0.250 e. The van der Waals surface area contributed by atoms with E-state index in [-0.39, 0.29) is 4.90 Å². The van der Waals surface area contributed by atoms with Crippen LogP contribution in [0, 0.1) is 12.0 Å². The lowest BCUT2D eigenvalue weighted by molar-refractivity contribution is -0.0328. The highest BCUT2D eigenvalue weighted by Crippen LogP contribution is 2.36. The summed E-state index contributed by atoms with van der Waals surface area (Å²) in [7, 11) is 0. The zero-order chi connectivity index (χ0) is 9.19. The molecule has 65 valence electrons. The summed E-state index contributed by atoms with van der Waals surface area (Å²) in [6.45, 7) is 0. The van der Waals surface area contributed by atoms with Gasteiger partial charge in [0.2, 0.25) is 0 Å². The Morgan fingerprint density at radius 1 is 1.42 bits per heavy atom. The molecule has 0 fully saturated rings. The molecule has 0 bridgehead atoms. The van der Waals surface area contributed by atoms with Crippen LogP contribution in [0.5, 0.6) is 0 Å². The first-order valence-corrected chi connectivity index (χ1v) is 3.58. The van der Waals surface area contributed by atoms with Crippen LogP contribution in [0.15, 0.2) is 17.2 Å². The fourth-order valence-electron chi connectivity index (χ4n) is 0.541. The molecule has 6 heteroatoms. The van der Waals surface area contributed by atoms with Crippen molar-refractivity contribution in [1.29, 1.82) is 0 Å². The van der Waals surface area contributed by atoms with Gasteiger partial charge in [0.05, 0.1) is 0 Å². The van der Waals surface area contributed by atoms with Crippen LogP contribution in [0.1, 0.15) is 0 Å². The fraction of sp³-hybridized carbons (Fsp3) is 0.167. The molecule has 0 spiro atoms. The Morgan fingerprint density at radius 3 is 2.58 bits per heavy atom. The average molecular weight is 196 g/mol. The van der Waals surface area contributed by atoms with Crippen LogP contribution in [0.4, 0.5) is 17.6 Å². The maximum absolute atomic E-state index is 12.2. The zero-order valence-corrected chi connectivity index (χ0v) is 6.34. The molecule has 1 nitrogen and oxygen atoms in total. The monoisotopic (exact) mass is 196 g/mol. The molecule has 12 heavy (non-hydrogen) atoms. The van der Waals surface area contributed by atoms with Gasteiger partial charge < -0.3 is 0 Å². The van der Waals surface area contributed by atoms with Crippen LogP contribution in [0.3, 0.4) is 0 Å². The van der Waals surface area contributed by atoms with E-state index in [9.17, 15) is 17.6 Å². The summed E-state index contributed by atoms with van der Waals surface area (Å²) in [5, 5.41) is 0. The fourth-order valence-corrected chi connectivity index (χ4v) is 1.08. The minimum atomic E-state index is -4.41. The van der Waals surface area contributed by atoms with Crippen LogP contribution in [-0.2, 0) is 0 Å². The molecule has 0 aliphatic carbocycles. The van der Waals surface area contributed by atoms with E-state index < -0.39 is 23.1 Å². The third-order valence-corrected chi connectivity index (χ3v) is 1.56. The number of nitrogens with zero attached hydrogens (tertiary/aromatic N) is 1. The number of pyridine rings is 1. The second kappa shape index (κ2) is 3.30. The molecule has 1 radical (unpaired) electrons. The first kappa shape index (κ1) is 9.31. The smallest absolute Gasteiger partial charge is 0.250 e. The van der Waals surface area contributed by atoms with Gasteiger partial charge in [-0.3, -0.25) is 4.98 Å². The lowest BCUT2D eigenvalue weighted by atomic mass is 10.5. The number of thioether (sulfide) groups is 1. The summed E-state index contributed by atoms with van der Waals surface area (Å²) >= 11 is -0.408. The van der Waals surface area contributed by atoms with E-state index in [1.165, 1.54) is 0 Å². The van der Waals surface area contributed by atoms with Crippen molar-refractivity contribution < 1.29 is 17.6 Å². The van der Waals surface area contributed by atoms with Gasteiger partial charge in [0, 0.05) is 11.1 Å². The average Bonchev–Trinajstić information content (AvgIpc) is 1.82. The second-order valence-corrected chi connectivity index (χ2v) is 2.95. The molecular weight excluding hydrogens is 194 g/mol. The Morgan fingerprint density at radius 2 is 2.08 bits per heavy atom. The van der Waals surface area contributed by atoms with Crippen LogP contribution in [-0.4, -0.2) is 10.5 Å². The van der Waals surface area contributed by atoms with E-state index >= 15 is 0 Å². The van der Waals surface area contributed by atoms with Gasteiger partial charge in [-0.2, -0.15) is 13.2 Å². The molecule has 0 saturated heterocycles. The maximum Gasteiger partial charge on any atom is 0.446 e. The summed E-state index contributed by atoms with van der Waals surface area (Å²) in [6.07, 6.45) is 2.76. The minimum absolute atomic E-state index is 0.279. The van der Waals surface area contributed by atoms with Crippen molar-refractivity contribution >= 4 is 11.8 Å². The highest BCUT2D eigenvalue weighted by Gasteiger charge is 2.29. The number of rotatable bonds is 1. The summed E-state index contributed by atoms with van der Waals surface area (Å²) < 4.78 is 47.3. The highest BCUT2D eigenvalue weighted by molar-refractivity contribution is 8.00. The van der Waals surface area contributed by atoms with Gasteiger partial charge in [0.25, 0.3) is 0 Å². The molecule has 0 atom stereocenters. The molecule has 1 aromatic heterocycles. The first-order valence-electron chi connectivity index (χ1n) is 2.76. The van der Waals surface area contributed by atoms with Crippen molar-refractivity contribution in [3.05, 3.63) is 24.3 Å². The Labute approximate surface area is 69.8 Å². The van der Waals surface area contributed by atoms with Crippen molar-refractivity contribution in [2.45, 2.75) is 10.4 Å². The number of alkyl halides is 3. The normalized spacial score (nSPS) is 11.7. The topological polar surface area (TPSA) is 12.9 Å². The largest absolute Gasteiger partial charge is 0.446 e. The summed E-state index contributed by atoms with van der Waals surface area (Å²) in [4.78, 5) is 2.87. The molecule has 1 aromatic rings. The zero-order valence-electron chi connectivity index (χ0n) is 5.52. The van der Waals surface area contributed by atoms with Gasteiger partial charge in [-0.25, -0.2) is 4.39 Å². The lowest BCUT2D eigenvalue weighted by Gasteiger charge is -2.03. The molecule has 0 N–H and O–H groups in total. The molecular formula is C6H2F4NS. The maximum atomic E-state index is 12.2. The van der Waals surface area contributed by atoms with E-state index in [1.54, 1.807) is 0 Å². The molecule has 0 aliphatic heterocycles. The van der Waals surface area contributed by atoms with Crippen molar-refractivity contribution in [3.8, 4) is 0 Å². The molecule has 1 rings (SSSR count). The van der Waals surface area contributed by atoms with Crippen molar-refractivity contribution in [2.75, 3.05) is 0 Å². The van der Waals surface area contributed by atoms with Crippen LogP contribution >= 0.6 is 11.8 Å². The van der Waals surface area contributed by atoms with Crippen LogP contribution in [0.25, 0.3) is 0 Å². The number of halogens is 4. The van der Waals surface area contributed by atoms with E-state index in [0.29, 0.717) is 0 Å². The summed E-state index contributed by atoms with van der Waals surface area (Å²) in [5.41, 5.74) is -4.41. The van der Waals surface area contributed by atoms with Gasteiger partial charge in [-0.05, 0) is 17.8 Å². The number of hydrogen-bond acceptors (Lipinski definition) is 2. The molecule has 0 aliphatic rings. The van der Waals surface area contributed by atoms with Crippen LogP contribution < -0.4 is 0 Å². The van der Waals surface area contributed by atoms with Crippen molar-refractivity contribution in [2.24, 2.45) is 0 Å². The van der Waals surface area contributed by atoms with Gasteiger partial charge in [-0.1, -0.05) is 0 Å². The summed E-state index contributed by atoms with van der Waals surface area (Å²) in [5.74, 6) is -0.899. The quantitative estimate of drug-likeness (QED) is 0.505. The number of hydrogen-bond donors (Lipinski definition) is 0. The first-order chi connectivity index (χ1) is 5.47. The lowest BCUT2D eigenvalue weighted by Crippen LogP contribution is -1.99. The van der Waals surface area contributed by atoms with E-state index in [4.69, 9.17) is 0 Å². The van der Waals surface area contributed by atoms with E-state index in [0.717, 1.165) is 12.3 Å². The predicted molar refractivity (Wildman–Crippen MR) is 34.9 cm³/mol. The molecule has 1 heterocycles. The van der Waals surface area contributed by atoms with Crippen molar-refractivity contribution in [3.63, 3.8) is 0 Å². The third kappa shape index (κ3) is 3.08. The van der Waals surface area contributed by atoms with Gasteiger partial charge in [0.15, 0.2) is 5.82 Å². The third-order valence-electron chi connectivity index (χ3n) is 0.866. The Hall–Kier alpha value is -0.780. The number of aromatic nitrogens is 1. The van der Waals surface area contributed by atoms with Crippen LogP contribution in [0.2, 0.25) is 0 Å². The standard InChI is InChI=1S/C6H2F4NS/c7-4-1-5(3-11-2-4)12-6(8,9)10/h1,3H. The highest BCUT2D eigenvalue weighted by atomic mass is 32.2. The molecule has 0 unspecified atom stereocenters. The van der Waals surface area contributed by atoms with E-state index in [2.05, 4.69) is 4.98 Å². The molecule has 0 amide bonds. The molecule has 0 saturated carbocycles. The Bertz CT molecular complexity index is 272. The predicted octanol–water partition coefficient (Wildman–Crippen LogP) is 2.63. The van der Waals surface area contributed by atoms with Crippen molar-refractivity contribution in [1.82, 2.24) is 4.98 Å². The van der Waals surface area contributed by atoms with Gasteiger partial charge >= 0.3 is 5.51 Å². The Balaban J connectivity index is 2.77.